The molecule has 2 aliphatic heterocycles. The van der Waals surface area contributed by atoms with Gasteiger partial charge >= 0.3 is 0 Å². The minimum atomic E-state index is -0.503. The third-order valence-corrected chi connectivity index (χ3v) is 8.06. The lowest BCUT2D eigenvalue weighted by atomic mass is 9.96. The second-order valence-electron chi connectivity index (χ2n) is 10.7. The van der Waals surface area contributed by atoms with Gasteiger partial charge in [0.15, 0.2) is 0 Å². The normalized spacial score (nSPS) is 22.8. The Bertz CT molecular complexity index is 1460. The summed E-state index contributed by atoms with van der Waals surface area (Å²) in [6, 6.07) is 19.4. The quantitative estimate of drug-likeness (QED) is 0.386. The number of benzene rings is 2. The SMILES string of the molecule is Cn1nnc2cc(CNC(=O)C3CC(Cc4cccnc4)CN3C(=O)C3CC(c4ccccc4)CN3)ccc21. The summed E-state index contributed by atoms with van der Waals surface area (Å²) in [5, 5.41) is 14.8. The lowest BCUT2D eigenvalue weighted by Crippen LogP contribution is -2.51. The van der Waals surface area contributed by atoms with Gasteiger partial charge in [-0.1, -0.05) is 47.7 Å². The molecule has 0 radical (unpaired) electrons. The Balaban J connectivity index is 1.16. The number of hydrogen-bond donors (Lipinski definition) is 2. The van der Waals surface area contributed by atoms with Gasteiger partial charge in [0.1, 0.15) is 11.6 Å². The van der Waals surface area contributed by atoms with Crippen molar-refractivity contribution >= 4 is 22.8 Å². The van der Waals surface area contributed by atoms with E-state index in [0.29, 0.717) is 19.5 Å². The number of aromatic nitrogens is 4. The average Bonchev–Trinajstić information content (AvgIpc) is 3.72. The van der Waals surface area contributed by atoms with Crippen LogP contribution in [0.15, 0.2) is 73.1 Å². The highest BCUT2D eigenvalue weighted by molar-refractivity contribution is 5.90. The first-order chi connectivity index (χ1) is 19.0. The van der Waals surface area contributed by atoms with Crippen molar-refractivity contribution in [3.8, 4) is 0 Å². The molecular weight excluding hydrogens is 490 g/mol. The average molecular weight is 524 g/mol. The predicted molar refractivity (Wildman–Crippen MR) is 147 cm³/mol. The van der Waals surface area contributed by atoms with Crippen molar-refractivity contribution in [2.45, 2.75) is 43.8 Å². The molecule has 0 spiro atoms. The van der Waals surface area contributed by atoms with Crippen LogP contribution in [0.5, 0.6) is 0 Å². The molecule has 2 fully saturated rings. The number of carbonyl (C=O) groups excluding carboxylic acids is 2. The number of aryl methyl sites for hydroxylation is 1. The largest absolute Gasteiger partial charge is 0.350 e. The van der Waals surface area contributed by atoms with Crippen molar-refractivity contribution in [3.05, 3.63) is 89.7 Å². The molecule has 4 unspecified atom stereocenters. The van der Waals surface area contributed by atoms with Crippen LogP contribution in [-0.4, -0.2) is 61.9 Å². The van der Waals surface area contributed by atoms with Crippen molar-refractivity contribution < 1.29 is 9.59 Å². The summed E-state index contributed by atoms with van der Waals surface area (Å²) in [6.07, 6.45) is 5.78. The van der Waals surface area contributed by atoms with E-state index >= 15 is 0 Å². The van der Waals surface area contributed by atoms with Crippen LogP contribution in [-0.2, 0) is 29.6 Å². The molecule has 200 valence electrons. The number of rotatable bonds is 7. The molecule has 9 heteroatoms. The zero-order chi connectivity index (χ0) is 26.8. The fourth-order valence-electron chi connectivity index (χ4n) is 6.02. The first-order valence-corrected chi connectivity index (χ1v) is 13.6. The Kier molecular flexibility index (Phi) is 7.06. The summed E-state index contributed by atoms with van der Waals surface area (Å²) < 4.78 is 1.72. The molecule has 0 aliphatic carbocycles. The van der Waals surface area contributed by atoms with Gasteiger partial charge in [-0.2, -0.15) is 0 Å². The third kappa shape index (κ3) is 5.40. The summed E-state index contributed by atoms with van der Waals surface area (Å²) in [5.74, 6) is 0.380. The highest BCUT2D eigenvalue weighted by atomic mass is 16.2. The molecule has 4 aromatic rings. The van der Waals surface area contributed by atoms with Crippen LogP contribution in [0.4, 0.5) is 0 Å². The Hall–Kier alpha value is -4.11. The van der Waals surface area contributed by atoms with Gasteiger partial charge in [-0.3, -0.25) is 14.6 Å². The Morgan fingerprint density at radius 2 is 1.92 bits per heavy atom. The van der Waals surface area contributed by atoms with E-state index in [1.54, 1.807) is 10.9 Å². The van der Waals surface area contributed by atoms with Crippen molar-refractivity contribution in [1.82, 2.24) is 35.5 Å². The van der Waals surface area contributed by atoms with Gasteiger partial charge in [-0.25, -0.2) is 4.68 Å². The molecule has 0 saturated carbocycles. The Morgan fingerprint density at radius 1 is 1.05 bits per heavy atom. The number of pyridine rings is 1. The molecular formula is C30H33N7O2. The summed E-state index contributed by atoms with van der Waals surface area (Å²) in [5.41, 5.74) is 5.04. The Labute approximate surface area is 227 Å². The van der Waals surface area contributed by atoms with E-state index in [1.165, 1.54) is 5.56 Å². The summed E-state index contributed by atoms with van der Waals surface area (Å²) in [6.45, 7) is 1.69. The van der Waals surface area contributed by atoms with E-state index in [-0.39, 0.29) is 29.7 Å². The zero-order valence-corrected chi connectivity index (χ0v) is 22.0. The van der Waals surface area contributed by atoms with Crippen LogP contribution in [0, 0.1) is 5.92 Å². The first-order valence-electron chi connectivity index (χ1n) is 13.6. The molecule has 4 atom stereocenters. The van der Waals surface area contributed by atoms with Crippen LogP contribution in [0.1, 0.15) is 35.4 Å². The van der Waals surface area contributed by atoms with Crippen LogP contribution in [0.2, 0.25) is 0 Å². The number of likely N-dealkylation sites (tertiary alicyclic amines) is 1. The van der Waals surface area contributed by atoms with Gasteiger partial charge in [0, 0.05) is 39.1 Å². The molecule has 2 amide bonds. The molecule has 2 aliphatic rings. The number of amides is 2. The molecule has 0 bridgehead atoms. The van der Waals surface area contributed by atoms with Gasteiger partial charge in [0.25, 0.3) is 0 Å². The van der Waals surface area contributed by atoms with Gasteiger partial charge in [-0.15, -0.1) is 5.10 Å². The van der Waals surface area contributed by atoms with E-state index in [9.17, 15) is 9.59 Å². The van der Waals surface area contributed by atoms with Gasteiger partial charge in [0.2, 0.25) is 11.8 Å². The number of fused-ring (bicyclic) bond motifs is 1. The maximum absolute atomic E-state index is 13.8. The second-order valence-corrected chi connectivity index (χ2v) is 10.7. The van der Waals surface area contributed by atoms with E-state index in [0.717, 1.165) is 41.5 Å². The van der Waals surface area contributed by atoms with Crippen LogP contribution >= 0.6 is 0 Å². The van der Waals surface area contributed by atoms with Crippen molar-refractivity contribution in [2.75, 3.05) is 13.1 Å². The highest BCUT2D eigenvalue weighted by Gasteiger charge is 2.43. The summed E-state index contributed by atoms with van der Waals surface area (Å²) >= 11 is 0. The molecule has 39 heavy (non-hydrogen) atoms. The van der Waals surface area contributed by atoms with Crippen molar-refractivity contribution in [1.29, 1.82) is 0 Å². The van der Waals surface area contributed by atoms with Crippen molar-refractivity contribution in [3.63, 3.8) is 0 Å². The monoisotopic (exact) mass is 523 g/mol. The number of hydrogen-bond acceptors (Lipinski definition) is 6. The molecule has 9 nitrogen and oxygen atoms in total. The fourth-order valence-corrected chi connectivity index (χ4v) is 6.02. The molecule has 2 saturated heterocycles. The van der Waals surface area contributed by atoms with Gasteiger partial charge in [-0.05, 0) is 66.0 Å². The van der Waals surface area contributed by atoms with Crippen LogP contribution in [0.3, 0.4) is 0 Å². The Morgan fingerprint density at radius 3 is 2.74 bits per heavy atom. The maximum Gasteiger partial charge on any atom is 0.243 e. The summed E-state index contributed by atoms with van der Waals surface area (Å²) in [4.78, 5) is 33.4. The number of nitrogens with one attached hydrogen (secondary N) is 2. The zero-order valence-electron chi connectivity index (χ0n) is 22.0. The smallest absolute Gasteiger partial charge is 0.243 e. The van der Waals surface area contributed by atoms with Crippen LogP contribution < -0.4 is 10.6 Å². The second kappa shape index (κ2) is 10.9. The van der Waals surface area contributed by atoms with Crippen molar-refractivity contribution in [2.24, 2.45) is 13.0 Å². The number of carbonyl (C=O) groups is 2. The minimum absolute atomic E-state index is 0.0169. The molecule has 6 rings (SSSR count). The lowest BCUT2D eigenvalue weighted by molar-refractivity contribution is -0.139. The standard InChI is InChI=1S/C30H33N7O2/c1-36-27-10-9-21(13-25(27)34-35-36)17-33-29(38)28-14-22(12-20-6-5-11-31-16-20)19-37(28)30(39)26-15-24(18-32-26)23-7-3-2-4-8-23/h2-11,13,16,22,24,26,28,32H,12,14-15,17-19H2,1H3,(H,33,38). The minimum Gasteiger partial charge on any atom is -0.350 e. The fraction of sp³-hybridized carbons (Fsp3) is 0.367. The molecule has 2 aromatic heterocycles. The maximum atomic E-state index is 13.8. The van der Waals surface area contributed by atoms with E-state index in [2.05, 4.69) is 44.1 Å². The van der Waals surface area contributed by atoms with E-state index in [1.807, 2.05) is 60.6 Å². The molecule has 2 N–H and O–H groups in total. The van der Waals surface area contributed by atoms with Gasteiger partial charge in [0.05, 0.1) is 11.6 Å². The topological polar surface area (TPSA) is 105 Å². The first kappa shape index (κ1) is 25.2. The van der Waals surface area contributed by atoms with E-state index < -0.39 is 6.04 Å². The predicted octanol–water partition coefficient (Wildman–Crippen LogP) is 2.58. The van der Waals surface area contributed by atoms with Crippen LogP contribution in [0.25, 0.3) is 11.0 Å². The summed E-state index contributed by atoms with van der Waals surface area (Å²) in [7, 11) is 1.85. The van der Waals surface area contributed by atoms with E-state index in [4.69, 9.17) is 0 Å². The lowest BCUT2D eigenvalue weighted by Gasteiger charge is -2.27. The number of nitrogens with zero attached hydrogens (tertiary/aromatic N) is 5. The molecule has 4 heterocycles. The molecule has 2 aromatic carbocycles. The highest BCUT2D eigenvalue weighted by Crippen LogP contribution is 2.31. The third-order valence-electron chi connectivity index (χ3n) is 8.06. The van der Waals surface area contributed by atoms with Gasteiger partial charge < -0.3 is 15.5 Å².